The highest BCUT2D eigenvalue weighted by atomic mass is 16.5. The van der Waals surface area contributed by atoms with Crippen LogP contribution in [-0.4, -0.2) is 28.8 Å². The van der Waals surface area contributed by atoms with Gasteiger partial charge in [-0.1, -0.05) is 19.0 Å². The van der Waals surface area contributed by atoms with Crippen LogP contribution in [0.15, 0.2) is 4.52 Å². The van der Waals surface area contributed by atoms with Crippen LogP contribution in [0.4, 0.5) is 4.79 Å². The summed E-state index contributed by atoms with van der Waals surface area (Å²) < 4.78 is 5.06. The summed E-state index contributed by atoms with van der Waals surface area (Å²) in [6.07, 6.45) is 0. The number of hydrogen-bond donors (Lipinski definition) is 3. The molecular formula is C14H23N3O4. The van der Waals surface area contributed by atoms with E-state index in [1.165, 1.54) is 0 Å². The number of nitrogens with zero attached hydrogens (tertiary/aromatic N) is 1. The number of carbonyl (C=O) groups excluding carboxylic acids is 1. The van der Waals surface area contributed by atoms with Gasteiger partial charge in [0.2, 0.25) is 0 Å². The van der Waals surface area contributed by atoms with Crippen LogP contribution in [0.3, 0.4) is 0 Å². The Kier molecular flexibility index (Phi) is 5.75. The van der Waals surface area contributed by atoms with Crippen LogP contribution in [0.5, 0.6) is 0 Å². The number of aromatic nitrogens is 1. The smallest absolute Gasteiger partial charge is 0.315 e. The summed E-state index contributed by atoms with van der Waals surface area (Å²) in [5.74, 6) is -0.914. The van der Waals surface area contributed by atoms with Crippen LogP contribution < -0.4 is 10.6 Å². The van der Waals surface area contributed by atoms with Gasteiger partial charge >= 0.3 is 12.0 Å². The minimum Gasteiger partial charge on any atom is -0.481 e. The molecule has 3 N–H and O–H groups in total. The lowest BCUT2D eigenvalue weighted by molar-refractivity contribution is -0.142. The molecule has 1 aromatic rings. The zero-order valence-corrected chi connectivity index (χ0v) is 13.1. The standard InChI is InChI=1S/C14H23N3O4/c1-7(2)11(13(18)19)6-15-14(20)16-8(3)12-9(4)17-21-10(12)5/h7-8,11H,6H2,1-5H3,(H,18,19)(H2,15,16,20). The molecule has 7 nitrogen and oxygen atoms in total. The van der Waals surface area contributed by atoms with E-state index in [4.69, 9.17) is 9.63 Å². The predicted octanol–water partition coefficient (Wildman–Crippen LogP) is 2.01. The molecule has 0 saturated carbocycles. The lowest BCUT2D eigenvalue weighted by atomic mass is 9.96. The Morgan fingerprint density at radius 1 is 1.29 bits per heavy atom. The molecule has 0 spiro atoms. The van der Waals surface area contributed by atoms with Gasteiger partial charge in [0, 0.05) is 12.1 Å². The topological polar surface area (TPSA) is 104 Å². The fourth-order valence-corrected chi connectivity index (χ4v) is 2.24. The number of aryl methyl sites for hydroxylation is 2. The normalized spacial score (nSPS) is 13.8. The first kappa shape index (κ1) is 17.0. The molecule has 1 heterocycles. The molecule has 0 saturated heterocycles. The third kappa shape index (κ3) is 4.47. The zero-order chi connectivity index (χ0) is 16.2. The van der Waals surface area contributed by atoms with Crippen molar-refractivity contribution in [2.45, 2.75) is 40.7 Å². The lowest BCUT2D eigenvalue weighted by Gasteiger charge is -2.19. The van der Waals surface area contributed by atoms with Crippen molar-refractivity contribution < 1.29 is 19.2 Å². The molecule has 1 aromatic heterocycles. The highest BCUT2D eigenvalue weighted by molar-refractivity contribution is 5.76. The van der Waals surface area contributed by atoms with Crippen molar-refractivity contribution in [2.24, 2.45) is 11.8 Å². The molecule has 0 radical (unpaired) electrons. The minimum atomic E-state index is -0.913. The number of hydrogen-bond acceptors (Lipinski definition) is 4. The maximum Gasteiger partial charge on any atom is 0.315 e. The van der Waals surface area contributed by atoms with Gasteiger partial charge in [0.25, 0.3) is 0 Å². The minimum absolute atomic E-state index is 0.0530. The second kappa shape index (κ2) is 7.10. The number of rotatable bonds is 6. The molecule has 118 valence electrons. The zero-order valence-electron chi connectivity index (χ0n) is 13.1. The molecule has 1 rings (SSSR count). The second-order valence-corrected chi connectivity index (χ2v) is 5.50. The number of aliphatic carboxylic acids is 1. The van der Waals surface area contributed by atoms with E-state index >= 15 is 0 Å². The van der Waals surface area contributed by atoms with E-state index in [1.807, 2.05) is 20.8 Å². The quantitative estimate of drug-likeness (QED) is 0.745. The lowest BCUT2D eigenvalue weighted by Crippen LogP contribution is -2.42. The highest BCUT2D eigenvalue weighted by Crippen LogP contribution is 2.20. The van der Waals surface area contributed by atoms with Gasteiger partial charge in [-0.3, -0.25) is 4.79 Å². The summed E-state index contributed by atoms with van der Waals surface area (Å²) in [7, 11) is 0. The predicted molar refractivity (Wildman–Crippen MR) is 76.9 cm³/mol. The van der Waals surface area contributed by atoms with Gasteiger partial charge in [-0.05, 0) is 26.7 Å². The summed E-state index contributed by atoms with van der Waals surface area (Å²) in [4.78, 5) is 22.9. The number of amides is 2. The van der Waals surface area contributed by atoms with Gasteiger partial charge in [-0.25, -0.2) is 4.79 Å². The Hall–Kier alpha value is -2.05. The van der Waals surface area contributed by atoms with Crippen LogP contribution in [-0.2, 0) is 4.79 Å². The fraction of sp³-hybridized carbons (Fsp3) is 0.643. The van der Waals surface area contributed by atoms with E-state index in [-0.39, 0.29) is 18.5 Å². The second-order valence-electron chi connectivity index (χ2n) is 5.50. The van der Waals surface area contributed by atoms with Crippen LogP contribution in [0, 0.1) is 25.7 Å². The van der Waals surface area contributed by atoms with E-state index < -0.39 is 17.9 Å². The average molecular weight is 297 g/mol. The molecule has 2 unspecified atom stereocenters. The van der Waals surface area contributed by atoms with E-state index in [1.54, 1.807) is 13.8 Å². The number of urea groups is 1. The SMILES string of the molecule is Cc1noc(C)c1C(C)NC(=O)NCC(C(=O)O)C(C)C. The number of carboxylic acids is 1. The van der Waals surface area contributed by atoms with Gasteiger partial charge in [0.15, 0.2) is 0 Å². The number of nitrogens with one attached hydrogen (secondary N) is 2. The molecular weight excluding hydrogens is 274 g/mol. The summed E-state index contributed by atoms with van der Waals surface area (Å²) in [6.45, 7) is 9.12. The number of carboxylic acid groups (broad SMARTS) is 1. The van der Waals surface area contributed by atoms with Crippen molar-refractivity contribution in [3.05, 3.63) is 17.0 Å². The Labute approximate surface area is 124 Å². The molecule has 0 aromatic carbocycles. The van der Waals surface area contributed by atoms with Crippen molar-refractivity contribution >= 4 is 12.0 Å². The maximum atomic E-state index is 11.9. The van der Waals surface area contributed by atoms with Gasteiger partial charge in [-0.2, -0.15) is 0 Å². The molecule has 0 bridgehead atoms. The monoisotopic (exact) mass is 297 g/mol. The largest absolute Gasteiger partial charge is 0.481 e. The molecule has 21 heavy (non-hydrogen) atoms. The molecule has 0 aliphatic carbocycles. The third-order valence-electron chi connectivity index (χ3n) is 3.47. The first-order chi connectivity index (χ1) is 9.73. The van der Waals surface area contributed by atoms with Crippen molar-refractivity contribution in [3.63, 3.8) is 0 Å². The van der Waals surface area contributed by atoms with Crippen molar-refractivity contribution in [1.29, 1.82) is 0 Å². The van der Waals surface area contributed by atoms with Crippen LogP contribution in [0.1, 0.15) is 43.8 Å². The molecule has 0 aliphatic heterocycles. The van der Waals surface area contributed by atoms with Crippen LogP contribution in [0.2, 0.25) is 0 Å². The van der Waals surface area contributed by atoms with Crippen LogP contribution >= 0.6 is 0 Å². The first-order valence-corrected chi connectivity index (χ1v) is 6.94. The Balaban J connectivity index is 2.56. The Bertz CT molecular complexity index is 491. The van der Waals surface area contributed by atoms with E-state index in [0.717, 1.165) is 11.3 Å². The van der Waals surface area contributed by atoms with E-state index in [0.29, 0.717) is 5.76 Å². The maximum absolute atomic E-state index is 11.9. The molecule has 2 amide bonds. The highest BCUT2D eigenvalue weighted by Gasteiger charge is 2.23. The van der Waals surface area contributed by atoms with Gasteiger partial charge < -0.3 is 20.3 Å². The van der Waals surface area contributed by atoms with Crippen molar-refractivity contribution in [2.75, 3.05) is 6.54 Å². The molecule has 7 heteroatoms. The summed E-state index contributed by atoms with van der Waals surface area (Å²) in [5.41, 5.74) is 1.56. The molecule has 0 aliphatic rings. The van der Waals surface area contributed by atoms with E-state index in [2.05, 4.69) is 15.8 Å². The summed E-state index contributed by atoms with van der Waals surface area (Å²) in [6, 6.07) is -0.673. The van der Waals surface area contributed by atoms with Gasteiger partial charge in [0.05, 0.1) is 17.7 Å². The van der Waals surface area contributed by atoms with Gasteiger partial charge in [-0.15, -0.1) is 0 Å². The fourth-order valence-electron chi connectivity index (χ4n) is 2.24. The average Bonchev–Trinajstić information content (AvgIpc) is 2.68. The molecule has 2 atom stereocenters. The first-order valence-electron chi connectivity index (χ1n) is 6.94. The summed E-state index contributed by atoms with van der Waals surface area (Å²) in [5, 5.41) is 18.3. The van der Waals surface area contributed by atoms with E-state index in [9.17, 15) is 9.59 Å². The van der Waals surface area contributed by atoms with Crippen LogP contribution in [0.25, 0.3) is 0 Å². The third-order valence-corrected chi connectivity index (χ3v) is 3.47. The van der Waals surface area contributed by atoms with Gasteiger partial charge in [0.1, 0.15) is 5.76 Å². The Morgan fingerprint density at radius 2 is 1.90 bits per heavy atom. The molecule has 0 fully saturated rings. The number of carbonyl (C=O) groups is 2. The van der Waals surface area contributed by atoms with Crippen molar-refractivity contribution in [3.8, 4) is 0 Å². The summed E-state index contributed by atoms with van der Waals surface area (Å²) >= 11 is 0. The Morgan fingerprint density at radius 3 is 2.33 bits per heavy atom. The van der Waals surface area contributed by atoms with Crippen molar-refractivity contribution in [1.82, 2.24) is 15.8 Å².